The molecular weight excluding hydrogens is 212 g/mol. The monoisotopic (exact) mass is 236 g/mol. The van der Waals surface area contributed by atoms with E-state index < -0.39 is 6.10 Å². The van der Waals surface area contributed by atoms with Crippen molar-refractivity contribution in [3.8, 4) is 0 Å². The van der Waals surface area contributed by atoms with Crippen LogP contribution in [0, 0.1) is 6.92 Å². The van der Waals surface area contributed by atoms with Gasteiger partial charge in [-0.05, 0) is 31.4 Å². The van der Waals surface area contributed by atoms with Crippen molar-refractivity contribution in [1.29, 1.82) is 0 Å². The summed E-state index contributed by atoms with van der Waals surface area (Å²) >= 11 is 0. The van der Waals surface area contributed by atoms with E-state index in [1.165, 1.54) is 11.1 Å². The Labute approximate surface area is 105 Å². The van der Waals surface area contributed by atoms with E-state index in [-0.39, 0.29) is 6.10 Å². The highest BCUT2D eigenvalue weighted by Crippen LogP contribution is 2.15. The predicted molar refractivity (Wildman–Crippen MR) is 71.2 cm³/mol. The van der Waals surface area contributed by atoms with Gasteiger partial charge in [-0.3, -0.25) is 0 Å². The Bertz CT molecular complexity index is 316. The molecule has 2 heteroatoms. The maximum atomic E-state index is 10.2. The molecule has 0 fully saturated rings. The van der Waals surface area contributed by atoms with Gasteiger partial charge in [0.2, 0.25) is 0 Å². The maximum Gasteiger partial charge on any atom is 0.0842 e. The molecule has 1 N–H and O–H groups in total. The van der Waals surface area contributed by atoms with E-state index in [9.17, 15) is 5.11 Å². The number of benzene rings is 1. The van der Waals surface area contributed by atoms with Gasteiger partial charge in [0, 0.05) is 13.0 Å². The van der Waals surface area contributed by atoms with Crippen LogP contribution in [0.5, 0.6) is 0 Å². The first-order chi connectivity index (χ1) is 8.19. The minimum absolute atomic E-state index is 0.0374. The molecule has 1 aromatic rings. The minimum Gasteiger partial charge on any atom is -0.390 e. The van der Waals surface area contributed by atoms with Crippen molar-refractivity contribution in [3.05, 3.63) is 35.4 Å². The fourth-order valence-corrected chi connectivity index (χ4v) is 2.08. The molecule has 0 bridgehead atoms. The van der Waals surface area contributed by atoms with Crippen LogP contribution in [0.2, 0.25) is 0 Å². The second-order valence-corrected chi connectivity index (χ2v) is 4.48. The molecule has 0 aliphatic carbocycles. The molecule has 1 aromatic carbocycles. The van der Waals surface area contributed by atoms with Crippen LogP contribution in [-0.4, -0.2) is 23.9 Å². The van der Waals surface area contributed by atoms with Crippen molar-refractivity contribution < 1.29 is 9.84 Å². The molecule has 2 nitrogen and oxygen atoms in total. The van der Waals surface area contributed by atoms with Crippen LogP contribution in [0.4, 0.5) is 0 Å². The van der Waals surface area contributed by atoms with Crippen molar-refractivity contribution in [2.24, 2.45) is 0 Å². The molecule has 0 aromatic heterocycles. The Morgan fingerprint density at radius 2 is 1.94 bits per heavy atom. The van der Waals surface area contributed by atoms with Crippen LogP contribution in [-0.2, 0) is 11.2 Å². The van der Waals surface area contributed by atoms with E-state index in [0.717, 1.165) is 12.8 Å². The second kappa shape index (κ2) is 7.46. The topological polar surface area (TPSA) is 29.5 Å². The molecule has 0 radical (unpaired) electrons. The second-order valence-electron chi connectivity index (χ2n) is 4.48. The number of aliphatic hydroxyl groups is 1. The molecule has 0 heterocycles. The van der Waals surface area contributed by atoms with E-state index >= 15 is 0 Å². The van der Waals surface area contributed by atoms with Gasteiger partial charge in [-0.1, -0.05) is 37.6 Å². The normalized spacial score (nSPS) is 14.6. The fraction of sp³-hybridized carbons (Fsp3) is 0.600. The molecule has 0 spiro atoms. The minimum atomic E-state index is -0.406. The van der Waals surface area contributed by atoms with Crippen LogP contribution in [0.1, 0.15) is 37.8 Å². The SMILES string of the molecule is CCCC(OCC)C(O)Cc1ccccc1C. The van der Waals surface area contributed by atoms with Crippen LogP contribution in [0.15, 0.2) is 24.3 Å². The van der Waals surface area contributed by atoms with Crippen molar-refractivity contribution >= 4 is 0 Å². The summed E-state index contributed by atoms with van der Waals surface area (Å²) in [7, 11) is 0. The lowest BCUT2D eigenvalue weighted by atomic mass is 9.98. The van der Waals surface area contributed by atoms with Gasteiger partial charge in [-0.2, -0.15) is 0 Å². The van der Waals surface area contributed by atoms with Gasteiger partial charge >= 0.3 is 0 Å². The summed E-state index contributed by atoms with van der Waals surface area (Å²) in [6.07, 6.45) is 2.19. The molecule has 0 aliphatic rings. The van der Waals surface area contributed by atoms with Gasteiger partial charge in [-0.15, -0.1) is 0 Å². The quantitative estimate of drug-likeness (QED) is 0.788. The number of hydrogen-bond acceptors (Lipinski definition) is 2. The van der Waals surface area contributed by atoms with Gasteiger partial charge in [0.05, 0.1) is 12.2 Å². The lowest BCUT2D eigenvalue weighted by Crippen LogP contribution is -2.31. The molecule has 0 amide bonds. The number of rotatable bonds is 7. The standard InChI is InChI=1S/C15H24O2/c1-4-8-15(17-5-2)14(16)11-13-10-7-6-9-12(13)3/h6-7,9-10,14-16H,4-5,8,11H2,1-3H3. The van der Waals surface area contributed by atoms with Gasteiger partial charge in [0.1, 0.15) is 0 Å². The van der Waals surface area contributed by atoms with Gasteiger partial charge in [-0.25, -0.2) is 0 Å². The lowest BCUT2D eigenvalue weighted by Gasteiger charge is -2.23. The Hall–Kier alpha value is -0.860. The Kier molecular flexibility index (Phi) is 6.23. The third kappa shape index (κ3) is 4.49. The van der Waals surface area contributed by atoms with Crippen molar-refractivity contribution in [2.45, 2.75) is 52.2 Å². The average Bonchev–Trinajstić information content (AvgIpc) is 2.32. The first-order valence-corrected chi connectivity index (χ1v) is 6.53. The average molecular weight is 236 g/mol. The van der Waals surface area contributed by atoms with Gasteiger partial charge in [0.25, 0.3) is 0 Å². The zero-order chi connectivity index (χ0) is 12.7. The highest BCUT2D eigenvalue weighted by Gasteiger charge is 2.19. The van der Waals surface area contributed by atoms with Crippen molar-refractivity contribution in [1.82, 2.24) is 0 Å². The highest BCUT2D eigenvalue weighted by atomic mass is 16.5. The third-order valence-corrected chi connectivity index (χ3v) is 3.07. The van der Waals surface area contributed by atoms with E-state index in [1.54, 1.807) is 0 Å². The summed E-state index contributed by atoms with van der Waals surface area (Å²) in [5, 5.41) is 10.2. The highest BCUT2D eigenvalue weighted by molar-refractivity contribution is 5.26. The molecule has 2 atom stereocenters. The van der Waals surface area contributed by atoms with Crippen LogP contribution < -0.4 is 0 Å². The summed E-state index contributed by atoms with van der Waals surface area (Å²) in [6, 6.07) is 8.20. The first kappa shape index (κ1) is 14.2. The number of aryl methyl sites for hydroxylation is 1. The molecule has 96 valence electrons. The Morgan fingerprint density at radius 3 is 2.53 bits per heavy atom. The van der Waals surface area contributed by atoms with E-state index in [4.69, 9.17) is 4.74 Å². The van der Waals surface area contributed by atoms with Crippen LogP contribution >= 0.6 is 0 Å². The summed E-state index contributed by atoms with van der Waals surface area (Å²) in [4.78, 5) is 0. The van der Waals surface area contributed by atoms with Crippen molar-refractivity contribution in [3.63, 3.8) is 0 Å². The molecule has 0 saturated heterocycles. The molecule has 0 aliphatic heterocycles. The molecule has 1 rings (SSSR count). The maximum absolute atomic E-state index is 10.2. The van der Waals surface area contributed by atoms with Gasteiger partial charge < -0.3 is 9.84 Å². The Balaban J connectivity index is 2.62. The first-order valence-electron chi connectivity index (χ1n) is 6.53. The van der Waals surface area contributed by atoms with Crippen molar-refractivity contribution in [2.75, 3.05) is 6.61 Å². The smallest absolute Gasteiger partial charge is 0.0842 e. The largest absolute Gasteiger partial charge is 0.390 e. The number of ether oxygens (including phenoxy) is 1. The number of aliphatic hydroxyl groups excluding tert-OH is 1. The van der Waals surface area contributed by atoms with Crippen LogP contribution in [0.25, 0.3) is 0 Å². The summed E-state index contributed by atoms with van der Waals surface area (Å²) in [6.45, 7) is 6.84. The van der Waals surface area contributed by atoms with Crippen LogP contribution in [0.3, 0.4) is 0 Å². The summed E-state index contributed by atoms with van der Waals surface area (Å²) < 4.78 is 5.61. The van der Waals surface area contributed by atoms with E-state index in [0.29, 0.717) is 13.0 Å². The Morgan fingerprint density at radius 1 is 1.24 bits per heavy atom. The predicted octanol–water partition coefficient (Wildman–Crippen LogP) is 3.10. The van der Waals surface area contributed by atoms with E-state index in [2.05, 4.69) is 26.0 Å². The molecule has 0 saturated carbocycles. The summed E-state index contributed by atoms with van der Waals surface area (Å²) in [5.41, 5.74) is 2.44. The third-order valence-electron chi connectivity index (χ3n) is 3.07. The molecule has 17 heavy (non-hydrogen) atoms. The summed E-state index contributed by atoms with van der Waals surface area (Å²) in [5.74, 6) is 0. The van der Waals surface area contributed by atoms with E-state index in [1.807, 2.05) is 19.1 Å². The lowest BCUT2D eigenvalue weighted by molar-refractivity contribution is -0.0363. The zero-order valence-electron chi connectivity index (χ0n) is 11.1. The van der Waals surface area contributed by atoms with Gasteiger partial charge in [0.15, 0.2) is 0 Å². The molecule has 2 unspecified atom stereocenters. The zero-order valence-corrected chi connectivity index (χ0v) is 11.1. The fourth-order valence-electron chi connectivity index (χ4n) is 2.08. The number of hydrogen-bond donors (Lipinski definition) is 1. The molecular formula is C15H24O2.